The number of likely N-dealkylation sites (N-methyl/N-ethyl adjacent to an activating group) is 1. The summed E-state index contributed by atoms with van der Waals surface area (Å²) in [6.07, 6.45) is 2.71. The van der Waals surface area contributed by atoms with E-state index in [4.69, 9.17) is 0 Å². The number of nitrogens with zero attached hydrogens (tertiary/aromatic N) is 3. The Balaban J connectivity index is 1.88. The predicted molar refractivity (Wildman–Crippen MR) is 70.2 cm³/mol. The number of rotatable bonds is 5. The molecule has 1 saturated carbocycles. The van der Waals surface area contributed by atoms with Crippen LogP contribution in [0.2, 0.25) is 0 Å². The van der Waals surface area contributed by atoms with Crippen LogP contribution in [0.15, 0.2) is 6.07 Å². The van der Waals surface area contributed by atoms with Crippen molar-refractivity contribution in [2.24, 2.45) is 0 Å². The molecule has 1 aliphatic carbocycles. The van der Waals surface area contributed by atoms with Gasteiger partial charge in [0, 0.05) is 30.4 Å². The van der Waals surface area contributed by atoms with Gasteiger partial charge in [0.1, 0.15) is 11.6 Å². The normalized spacial score (nSPS) is 17.2. The van der Waals surface area contributed by atoms with Gasteiger partial charge in [-0.1, -0.05) is 0 Å². The van der Waals surface area contributed by atoms with Crippen LogP contribution in [0.5, 0.6) is 0 Å². The third kappa shape index (κ3) is 3.40. The summed E-state index contributed by atoms with van der Waals surface area (Å²) < 4.78 is 0. The van der Waals surface area contributed by atoms with Crippen molar-refractivity contribution < 1.29 is 0 Å². The molecule has 0 bridgehead atoms. The first kappa shape index (κ1) is 12.3. The lowest BCUT2D eigenvalue weighted by molar-refractivity contribution is 0.257. The van der Waals surface area contributed by atoms with Crippen molar-refractivity contribution in [3.05, 3.63) is 17.6 Å². The van der Waals surface area contributed by atoms with Crippen LogP contribution in [0.4, 0.5) is 5.82 Å². The average molecular weight is 234 g/mol. The summed E-state index contributed by atoms with van der Waals surface area (Å²) in [6, 6.07) is 3.34. The SMILES string of the molecule is Cc1cc(NCC(C)N(C)C2CC2)nc(C)n1. The fourth-order valence-electron chi connectivity index (χ4n) is 2.05. The van der Waals surface area contributed by atoms with Crippen molar-refractivity contribution in [1.29, 1.82) is 0 Å². The maximum Gasteiger partial charge on any atom is 0.129 e. The molecule has 0 spiro atoms. The molecule has 1 aromatic rings. The van der Waals surface area contributed by atoms with Gasteiger partial charge in [-0.25, -0.2) is 9.97 Å². The molecule has 1 aromatic heterocycles. The van der Waals surface area contributed by atoms with Gasteiger partial charge in [0.2, 0.25) is 0 Å². The van der Waals surface area contributed by atoms with E-state index < -0.39 is 0 Å². The highest BCUT2D eigenvalue weighted by Gasteiger charge is 2.28. The molecule has 1 fully saturated rings. The summed E-state index contributed by atoms with van der Waals surface area (Å²) in [5.41, 5.74) is 1.02. The van der Waals surface area contributed by atoms with Crippen molar-refractivity contribution in [2.45, 2.75) is 45.7 Å². The third-order valence-electron chi connectivity index (χ3n) is 3.36. The van der Waals surface area contributed by atoms with E-state index in [9.17, 15) is 0 Å². The molecule has 2 rings (SSSR count). The monoisotopic (exact) mass is 234 g/mol. The summed E-state index contributed by atoms with van der Waals surface area (Å²) in [6.45, 7) is 7.12. The van der Waals surface area contributed by atoms with Crippen LogP contribution >= 0.6 is 0 Å². The van der Waals surface area contributed by atoms with E-state index in [2.05, 4.69) is 34.2 Å². The molecule has 1 atom stereocenters. The summed E-state index contributed by atoms with van der Waals surface area (Å²) in [4.78, 5) is 11.1. The van der Waals surface area contributed by atoms with Crippen molar-refractivity contribution >= 4 is 5.82 Å². The Morgan fingerprint density at radius 1 is 1.41 bits per heavy atom. The number of aromatic nitrogens is 2. The first-order valence-corrected chi connectivity index (χ1v) is 6.34. The molecule has 1 unspecified atom stereocenters. The first-order valence-electron chi connectivity index (χ1n) is 6.34. The van der Waals surface area contributed by atoms with E-state index in [-0.39, 0.29) is 0 Å². The smallest absolute Gasteiger partial charge is 0.129 e. The maximum absolute atomic E-state index is 4.39. The van der Waals surface area contributed by atoms with E-state index in [1.807, 2.05) is 19.9 Å². The lowest BCUT2D eigenvalue weighted by Crippen LogP contribution is -2.36. The largest absolute Gasteiger partial charge is 0.368 e. The summed E-state index contributed by atoms with van der Waals surface area (Å²) in [5, 5.41) is 3.40. The number of aryl methyl sites for hydroxylation is 2. The Labute approximate surface area is 103 Å². The van der Waals surface area contributed by atoms with Crippen molar-refractivity contribution in [3.63, 3.8) is 0 Å². The van der Waals surface area contributed by atoms with Crippen LogP contribution in [-0.4, -0.2) is 40.5 Å². The lowest BCUT2D eigenvalue weighted by atomic mass is 10.3. The first-order chi connectivity index (χ1) is 8.06. The molecule has 4 heteroatoms. The number of hydrogen-bond donors (Lipinski definition) is 1. The molecule has 0 radical (unpaired) electrons. The number of anilines is 1. The highest BCUT2D eigenvalue weighted by molar-refractivity contribution is 5.35. The van der Waals surface area contributed by atoms with Crippen LogP contribution in [0.1, 0.15) is 31.3 Å². The van der Waals surface area contributed by atoms with E-state index in [1.165, 1.54) is 12.8 Å². The molecular weight excluding hydrogens is 212 g/mol. The van der Waals surface area contributed by atoms with Crippen LogP contribution < -0.4 is 5.32 Å². The van der Waals surface area contributed by atoms with Crippen LogP contribution in [0, 0.1) is 13.8 Å². The van der Waals surface area contributed by atoms with E-state index in [1.54, 1.807) is 0 Å². The van der Waals surface area contributed by atoms with Gasteiger partial charge >= 0.3 is 0 Å². The van der Waals surface area contributed by atoms with Crippen molar-refractivity contribution in [1.82, 2.24) is 14.9 Å². The van der Waals surface area contributed by atoms with Gasteiger partial charge in [0.05, 0.1) is 0 Å². The zero-order valence-electron chi connectivity index (χ0n) is 11.2. The molecule has 0 amide bonds. The summed E-state index contributed by atoms with van der Waals surface area (Å²) in [7, 11) is 2.21. The molecule has 4 nitrogen and oxygen atoms in total. The van der Waals surface area contributed by atoms with Crippen LogP contribution in [-0.2, 0) is 0 Å². The molecule has 1 N–H and O–H groups in total. The Kier molecular flexibility index (Phi) is 3.62. The molecule has 1 aliphatic rings. The quantitative estimate of drug-likeness (QED) is 0.846. The van der Waals surface area contributed by atoms with Gasteiger partial charge in [-0.05, 0) is 40.7 Å². The number of hydrogen-bond acceptors (Lipinski definition) is 4. The minimum atomic E-state index is 0.540. The molecule has 94 valence electrons. The standard InChI is InChI=1S/C13H22N4/c1-9-7-13(16-11(3)15-9)14-8-10(2)17(4)12-5-6-12/h7,10,12H,5-6,8H2,1-4H3,(H,14,15,16). The number of nitrogens with one attached hydrogen (secondary N) is 1. The van der Waals surface area contributed by atoms with Gasteiger partial charge < -0.3 is 5.32 Å². The second-order valence-corrected chi connectivity index (χ2v) is 5.07. The van der Waals surface area contributed by atoms with Crippen molar-refractivity contribution in [2.75, 3.05) is 18.9 Å². The molecule has 0 saturated heterocycles. The lowest BCUT2D eigenvalue weighted by Gasteiger charge is -2.24. The third-order valence-corrected chi connectivity index (χ3v) is 3.36. The van der Waals surface area contributed by atoms with E-state index in [0.29, 0.717) is 6.04 Å². The van der Waals surface area contributed by atoms with Crippen molar-refractivity contribution in [3.8, 4) is 0 Å². The van der Waals surface area contributed by atoms with Gasteiger partial charge in [-0.2, -0.15) is 0 Å². The highest BCUT2D eigenvalue weighted by Crippen LogP contribution is 2.26. The van der Waals surface area contributed by atoms with E-state index >= 15 is 0 Å². The second-order valence-electron chi connectivity index (χ2n) is 5.07. The fraction of sp³-hybridized carbons (Fsp3) is 0.692. The summed E-state index contributed by atoms with van der Waals surface area (Å²) in [5.74, 6) is 1.77. The minimum absolute atomic E-state index is 0.540. The van der Waals surface area contributed by atoms with E-state index in [0.717, 1.165) is 29.9 Å². The highest BCUT2D eigenvalue weighted by atomic mass is 15.2. The Hall–Kier alpha value is -1.16. The average Bonchev–Trinajstić information content (AvgIpc) is 3.07. The van der Waals surface area contributed by atoms with Crippen LogP contribution in [0.3, 0.4) is 0 Å². The topological polar surface area (TPSA) is 41.0 Å². The molecule has 17 heavy (non-hydrogen) atoms. The molecular formula is C13H22N4. The Morgan fingerprint density at radius 3 is 2.71 bits per heavy atom. The zero-order valence-corrected chi connectivity index (χ0v) is 11.2. The van der Waals surface area contributed by atoms with Gasteiger partial charge in [0.15, 0.2) is 0 Å². The molecule has 0 aliphatic heterocycles. The molecule has 0 aromatic carbocycles. The zero-order chi connectivity index (χ0) is 12.4. The second kappa shape index (κ2) is 5.00. The molecule has 1 heterocycles. The maximum atomic E-state index is 4.39. The fourth-order valence-corrected chi connectivity index (χ4v) is 2.05. The van der Waals surface area contributed by atoms with Crippen LogP contribution in [0.25, 0.3) is 0 Å². The Bertz CT molecular complexity index is 367. The Morgan fingerprint density at radius 2 is 2.12 bits per heavy atom. The van der Waals surface area contributed by atoms with Gasteiger partial charge in [0.25, 0.3) is 0 Å². The predicted octanol–water partition coefficient (Wildman–Crippen LogP) is 1.99. The summed E-state index contributed by atoms with van der Waals surface area (Å²) >= 11 is 0. The van der Waals surface area contributed by atoms with Gasteiger partial charge in [-0.3, -0.25) is 4.90 Å². The minimum Gasteiger partial charge on any atom is -0.368 e. The van der Waals surface area contributed by atoms with Gasteiger partial charge in [-0.15, -0.1) is 0 Å².